The molecule has 0 saturated heterocycles. The molecule has 2 N–H and O–H groups in total. The summed E-state index contributed by atoms with van der Waals surface area (Å²) in [6, 6.07) is 11.7. The monoisotopic (exact) mass is 435 g/mol. The van der Waals surface area contributed by atoms with Gasteiger partial charge in [-0.1, -0.05) is 46.7 Å². The summed E-state index contributed by atoms with van der Waals surface area (Å²) < 4.78 is 27.5. The predicted molar refractivity (Wildman–Crippen MR) is 113 cm³/mol. The van der Waals surface area contributed by atoms with Gasteiger partial charge in [0.15, 0.2) is 5.13 Å². The highest BCUT2D eigenvalue weighted by molar-refractivity contribution is 7.93. The summed E-state index contributed by atoms with van der Waals surface area (Å²) in [5.41, 5.74) is 2.84. The Kier molecular flexibility index (Phi) is 5.74. The molecule has 0 atom stereocenters. The van der Waals surface area contributed by atoms with E-state index in [1.165, 1.54) is 12.1 Å². The molecule has 3 aromatic rings. The number of aromatic nitrogens is 1. The highest BCUT2D eigenvalue weighted by atomic mass is 35.5. The lowest BCUT2D eigenvalue weighted by molar-refractivity contribution is 0.102. The quantitative estimate of drug-likeness (QED) is 0.603. The number of nitrogens with zero attached hydrogens (tertiary/aromatic N) is 1. The van der Waals surface area contributed by atoms with Crippen LogP contribution in [0.3, 0.4) is 0 Å². The number of anilines is 2. The lowest BCUT2D eigenvalue weighted by Gasteiger charge is -2.08. The molecule has 1 amide bonds. The van der Waals surface area contributed by atoms with Crippen molar-refractivity contribution in [3.05, 3.63) is 69.2 Å². The van der Waals surface area contributed by atoms with Gasteiger partial charge in [-0.25, -0.2) is 13.4 Å². The Morgan fingerprint density at radius 2 is 1.75 bits per heavy atom. The summed E-state index contributed by atoms with van der Waals surface area (Å²) in [6.45, 7) is 5.38. The second kappa shape index (κ2) is 7.90. The Morgan fingerprint density at radius 3 is 2.43 bits per heavy atom. The van der Waals surface area contributed by atoms with Crippen LogP contribution in [0, 0.1) is 20.8 Å². The topological polar surface area (TPSA) is 88.2 Å². The average molecular weight is 436 g/mol. The van der Waals surface area contributed by atoms with E-state index < -0.39 is 10.0 Å². The van der Waals surface area contributed by atoms with Gasteiger partial charge in [0.05, 0.1) is 10.6 Å². The van der Waals surface area contributed by atoms with Crippen molar-refractivity contribution < 1.29 is 13.2 Å². The first-order valence-corrected chi connectivity index (χ1v) is 11.0. The van der Waals surface area contributed by atoms with Gasteiger partial charge in [0.2, 0.25) is 0 Å². The van der Waals surface area contributed by atoms with Crippen LogP contribution in [0.1, 0.15) is 26.5 Å². The number of sulfonamides is 1. The Balaban J connectivity index is 1.81. The van der Waals surface area contributed by atoms with Crippen LogP contribution < -0.4 is 10.0 Å². The zero-order chi connectivity index (χ0) is 20.5. The second-order valence-corrected chi connectivity index (χ2v) is 9.38. The molecule has 0 saturated carbocycles. The van der Waals surface area contributed by atoms with Gasteiger partial charge in [0.1, 0.15) is 4.88 Å². The summed E-state index contributed by atoms with van der Waals surface area (Å²) in [5.74, 6) is -0.374. The molecule has 2 aromatic carbocycles. The number of benzene rings is 2. The summed E-state index contributed by atoms with van der Waals surface area (Å²) in [6.07, 6.45) is 0. The SMILES string of the molecule is Cc1ccc(S(=O)(=O)Nc2nc(C)c(C(=O)Nc3cc(Cl)ccc3C)s2)cc1. The van der Waals surface area contributed by atoms with Crippen molar-refractivity contribution in [2.75, 3.05) is 10.0 Å². The van der Waals surface area contributed by atoms with Gasteiger partial charge >= 0.3 is 0 Å². The van der Waals surface area contributed by atoms with E-state index in [1.807, 2.05) is 13.8 Å². The van der Waals surface area contributed by atoms with Gasteiger partial charge < -0.3 is 5.32 Å². The highest BCUT2D eigenvalue weighted by Gasteiger charge is 2.20. The number of hydrogen-bond acceptors (Lipinski definition) is 5. The minimum atomic E-state index is -3.78. The van der Waals surface area contributed by atoms with Crippen LogP contribution >= 0.6 is 22.9 Å². The molecule has 28 heavy (non-hydrogen) atoms. The zero-order valence-corrected chi connectivity index (χ0v) is 17.8. The fourth-order valence-electron chi connectivity index (χ4n) is 2.45. The number of thiazole rings is 1. The third-order valence-corrected chi connectivity index (χ3v) is 6.79. The molecular formula is C19H18ClN3O3S2. The lowest BCUT2D eigenvalue weighted by Crippen LogP contribution is -2.12. The number of carbonyl (C=O) groups is 1. The zero-order valence-electron chi connectivity index (χ0n) is 15.4. The van der Waals surface area contributed by atoms with Crippen LogP contribution in [-0.4, -0.2) is 19.3 Å². The Hall–Kier alpha value is -2.42. The number of aryl methyl sites for hydroxylation is 3. The van der Waals surface area contributed by atoms with E-state index in [0.717, 1.165) is 22.5 Å². The molecule has 0 aliphatic heterocycles. The van der Waals surface area contributed by atoms with E-state index in [-0.39, 0.29) is 15.9 Å². The maximum absolute atomic E-state index is 12.6. The molecule has 6 nitrogen and oxygen atoms in total. The number of halogens is 1. The van der Waals surface area contributed by atoms with Crippen LogP contribution in [0.5, 0.6) is 0 Å². The first-order valence-electron chi connectivity index (χ1n) is 8.30. The van der Waals surface area contributed by atoms with Gasteiger partial charge in [-0.2, -0.15) is 0 Å². The van der Waals surface area contributed by atoms with Gasteiger partial charge in [-0.05, 0) is 50.6 Å². The Labute approximate surface area is 172 Å². The molecular weight excluding hydrogens is 418 g/mol. The van der Waals surface area contributed by atoms with E-state index >= 15 is 0 Å². The van der Waals surface area contributed by atoms with Crippen molar-refractivity contribution in [1.82, 2.24) is 4.98 Å². The van der Waals surface area contributed by atoms with E-state index in [2.05, 4.69) is 15.0 Å². The molecule has 0 bridgehead atoms. The number of rotatable bonds is 5. The predicted octanol–water partition coefficient (Wildman–Crippen LogP) is 4.77. The van der Waals surface area contributed by atoms with Crippen molar-refractivity contribution in [2.24, 2.45) is 0 Å². The second-order valence-electron chi connectivity index (χ2n) is 6.27. The van der Waals surface area contributed by atoms with Crippen molar-refractivity contribution >= 4 is 49.7 Å². The molecule has 0 fully saturated rings. The van der Waals surface area contributed by atoms with Crippen LogP contribution in [0.25, 0.3) is 0 Å². The third kappa shape index (κ3) is 4.52. The standard InChI is InChI=1S/C19H18ClN3O3S2/c1-11-4-8-15(9-5-11)28(25,26)23-19-21-13(3)17(27-19)18(24)22-16-10-14(20)7-6-12(16)2/h4-10H,1-3H3,(H,21,23)(H,22,24). The van der Waals surface area contributed by atoms with Crippen LogP contribution in [-0.2, 0) is 10.0 Å². The molecule has 146 valence electrons. The molecule has 0 unspecified atom stereocenters. The van der Waals surface area contributed by atoms with E-state index in [1.54, 1.807) is 37.3 Å². The molecule has 0 radical (unpaired) electrons. The molecule has 3 rings (SSSR count). The molecule has 1 aromatic heterocycles. The normalized spacial score (nSPS) is 11.3. The molecule has 0 aliphatic carbocycles. The molecule has 1 heterocycles. The number of amides is 1. The van der Waals surface area contributed by atoms with Crippen LogP contribution in [0.2, 0.25) is 5.02 Å². The van der Waals surface area contributed by atoms with Crippen LogP contribution in [0.4, 0.5) is 10.8 Å². The van der Waals surface area contributed by atoms with E-state index in [4.69, 9.17) is 11.6 Å². The largest absolute Gasteiger partial charge is 0.321 e. The van der Waals surface area contributed by atoms with Gasteiger partial charge in [0, 0.05) is 10.7 Å². The highest BCUT2D eigenvalue weighted by Crippen LogP contribution is 2.27. The van der Waals surface area contributed by atoms with Crippen molar-refractivity contribution in [3.63, 3.8) is 0 Å². The first-order chi connectivity index (χ1) is 13.2. The van der Waals surface area contributed by atoms with Crippen molar-refractivity contribution in [2.45, 2.75) is 25.7 Å². The Bertz CT molecular complexity index is 1140. The maximum Gasteiger partial charge on any atom is 0.267 e. The summed E-state index contributed by atoms with van der Waals surface area (Å²) in [4.78, 5) is 17.3. The number of hydrogen-bond donors (Lipinski definition) is 2. The maximum atomic E-state index is 12.6. The lowest BCUT2D eigenvalue weighted by atomic mass is 10.2. The fourth-order valence-corrected chi connectivity index (χ4v) is 4.72. The minimum absolute atomic E-state index is 0.131. The number of nitrogens with one attached hydrogen (secondary N) is 2. The van der Waals surface area contributed by atoms with Gasteiger partial charge in [-0.15, -0.1) is 0 Å². The van der Waals surface area contributed by atoms with Gasteiger partial charge in [-0.3, -0.25) is 9.52 Å². The summed E-state index contributed by atoms with van der Waals surface area (Å²) in [7, 11) is -3.78. The minimum Gasteiger partial charge on any atom is -0.321 e. The fraction of sp³-hybridized carbons (Fsp3) is 0.158. The summed E-state index contributed by atoms with van der Waals surface area (Å²) >= 11 is 6.96. The van der Waals surface area contributed by atoms with Crippen molar-refractivity contribution in [3.8, 4) is 0 Å². The third-order valence-electron chi connectivity index (χ3n) is 4.00. The molecule has 9 heteroatoms. The average Bonchev–Trinajstić information content (AvgIpc) is 2.98. The summed E-state index contributed by atoms with van der Waals surface area (Å²) in [5, 5.41) is 3.43. The Morgan fingerprint density at radius 1 is 1.07 bits per heavy atom. The van der Waals surface area contributed by atoms with Crippen LogP contribution in [0.15, 0.2) is 47.4 Å². The first kappa shape index (κ1) is 20.3. The molecule has 0 aliphatic rings. The number of carbonyl (C=O) groups excluding carboxylic acids is 1. The molecule has 0 spiro atoms. The smallest absolute Gasteiger partial charge is 0.267 e. The van der Waals surface area contributed by atoms with E-state index in [9.17, 15) is 13.2 Å². The van der Waals surface area contributed by atoms with Crippen molar-refractivity contribution in [1.29, 1.82) is 0 Å². The van der Waals surface area contributed by atoms with Gasteiger partial charge in [0.25, 0.3) is 15.9 Å². The van der Waals surface area contributed by atoms with E-state index in [0.29, 0.717) is 21.3 Å².